The Kier molecular flexibility index (Phi) is 14.1. The minimum atomic E-state index is -1.33. The molecule has 4 unspecified atom stereocenters. The van der Waals surface area contributed by atoms with Gasteiger partial charge in [0, 0.05) is 0 Å². The Morgan fingerprint density at radius 1 is 1.20 bits per heavy atom. The minimum absolute atomic E-state index is 0.0823. The second kappa shape index (κ2) is 15.6. The van der Waals surface area contributed by atoms with Crippen molar-refractivity contribution in [2.75, 3.05) is 19.4 Å². The SMILES string of the molecule is CCCC1N[C](=[Mo])[C@H](CC(N)=O)NC(O)[C@H](C)NC(=O)C(CO)NC(=O)[C@@H](NC)CSC1C(=O)O. The molecule has 10 N–H and O–H groups in total. The van der Waals surface area contributed by atoms with Gasteiger partial charge >= 0.3 is 220 Å². The number of nitrogens with two attached hydrogens (primary N) is 1. The van der Waals surface area contributed by atoms with Crippen LogP contribution in [-0.4, -0.2) is 104 Å². The van der Waals surface area contributed by atoms with Crippen LogP contribution < -0.4 is 32.3 Å². The quantitative estimate of drug-likeness (QED) is 0.130. The van der Waals surface area contributed by atoms with E-state index in [0.29, 0.717) is 16.9 Å². The molecule has 35 heavy (non-hydrogen) atoms. The molecule has 1 aliphatic heterocycles. The molecule has 0 spiro atoms. The summed E-state index contributed by atoms with van der Waals surface area (Å²) in [5.74, 6) is -2.94. The van der Waals surface area contributed by atoms with Crippen molar-refractivity contribution in [1.82, 2.24) is 26.6 Å². The van der Waals surface area contributed by atoms with Crippen molar-refractivity contribution in [3.63, 3.8) is 0 Å². The first-order chi connectivity index (χ1) is 16.4. The molecule has 0 bridgehead atoms. The Labute approximate surface area is 219 Å². The molecule has 0 aromatic heterocycles. The first-order valence-electron chi connectivity index (χ1n) is 11.2. The Morgan fingerprint density at radius 2 is 1.86 bits per heavy atom. The van der Waals surface area contributed by atoms with E-state index in [1.54, 1.807) is 19.4 Å². The third kappa shape index (κ3) is 10.2. The summed E-state index contributed by atoms with van der Waals surface area (Å²) in [4.78, 5) is 49.2. The number of nitrogens with one attached hydrogen (secondary N) is 5. The summed E-state index contributed by atoms with van der Waals surface area (Å²) in [6.07, 6.45) is -0.349. The monoisotopic (exact) mass is 602 g/mol. The number of carboxylic acid groups (broad SMARTS) is 1. The normalized spacial score (nSPS) is 31.9. The van der Waals surface area contributed by atoms with Gasteiger partial charge in [0.1, 0.15) is 0 Å². The van der Waals surface area contributed by atoms with E-state index in [1.165, 1.54) is 14.0 Å². The van der Waals surface area contributed by atoms with Crippen LogP contribution in [0.25, 0.3) is 0 Å². The zero-order chi connectivity index (χ0) is 26.7. The fourth-order valence-corrected chi connectivity index (χ4v) is 5.43. The van der Waals surface area contributed by atoms with Gasteiger partial charge in [-0.25, -0.2) is 0 Å². The van der Waals surface area contributed by atoms with Crippen molar-refractivity contribution >= 4 is 39.5 Å². The molecule has 0 aromatic rings. The summed E-state index contributed by atoms with van der Waals surface area (Å²) in [6.45, 7) is 2.73. The molecule has 7 atom stereocenters. The van der Waals surface area contributed by atoms with E-state index < -0.39 is 72.0 Å². The fourth-order valence-electron chi connectivity index (χ4n) is 3.39. The predicted octanol–water partition coefficient (Wildman–Crippen LogP) is -3.66. The molecule has 1 rings (SSSR count). The zero-order valence-corrected chi connectivity index (χ0v) is 22.8. The molecule has 1 saturated heterocycles. The topological polar surface area (TPSA) is 215 Å². The number of likely N-dealkylation sites (N-methyl/N-ethyl adjacent to an activating group) is 1. The van der Waals surface area contributed by atoms with E-state index in [1.807, 2.05) is 6.92 Å². The predicted molar refractivity (Wildman–Crippen MR) is 127 cm³/mol. The molecule has 3 amide bonds. The summed E-state index contributed by atoms with van der Waals surface area (Å²) in [6, 6.07) is -4.30. The Hall–Kier alpha value is -1.41. The van der Waals surface area contributed by atoms with Crippen LogP contribution in [0.4, 0.5) is 0 Å². The molecule has 15 heteroatoms. The number of rotatable bonds is 7. The van der Waals surface area contributed by atoms with Crippen LogP contribution in [0.1, 0.15) is 33.1 Å². The number of hydrogen-bond acceptors (Lipinski definition) is 10. The van der Waals surface area contributed by atoms with Gasteiger partial charge in [-0.3, -0.25) is 0 Å². The van der Waals surface area contributed by atoms with Gasteiger partial charge in [0.2, 0.25) is 0 Å². The van der Waals surface area contributed by atoms with Crippen molar-refractivity contribution in [2.45, 2.75) is 74.8 Å². The molecule has 0 saturated carbocycles. The number of aliphatic hydroxyl groups is 2. The molecule has 1 aliphatic rings. The molecule has 0 aliphatic carbocycles. The van der Waals surface area contributed by atoms with E-state index in [9.17, 15) is 34.5 Å². The second-order valence-electron chi connectivity index (χ2n) is 8.21. The van der Waals surface area contributed by atoms with Crippen LogP contribution in [0.15, 0.2) is 0 Å². The van der Waals surface area contributed by atoms with Crippen molar-refractivity contribution in [3.8, 4) is 0 Å². The third-order valence-electron chi connectivity index (χ3n) is 5.40. The fraction of sp³-hybridized carbons (Fsp3) is 0.750. The van der Waals surface area contributed by atoms with E-state index in [-0.39, 0.29) is 12.2 Å². The number of carbonyl (C=O) groups excluding carboxylic acids is 3. The molecule has 200 valence electrons. The van der Waals surface area contributed by atoms with Gasteiger partial charge in [0.15, 0.2) is 0 Å². The van der Waals surface area contributed by atoms with E-state index >= 15 is 0 Å². The van der Waals surface area contributed by atoms with Crippen LogP contribution in [0.5, 0.6) is 0 Å². The number of hydrogen-bond donors (Lipinski definition) is 9. The van der Waals surface area contributed by atoms with E-state index in [4.69, 9.17) is 5.73 Å². The van der Waals surface area contributed by atoms with Gasteiger partial charge in [-0.2, -0.15) is 0 Å². The summed E-state index contributed by atoms with van der Waals surface area (Å²) in [5, 5.41) is 43.1. The molecule has 1 heterocycles. The Bertz CT molecular complexity index is 776. The van der Waals surface area contributed by atoms with Crippen molar-refractivity contribution in [1.29, 1.82) is 0 Å². The van der Waals surface area contributed by atoms with Crippen LogP contribution >= 0.6 is 11.8 Å². The average molecular weight is 601 g/mol. The van der Waals surface area contributed by atoms with Crippen LogP contribution in [0, 0.1) is 0 Å². The maximum atomic E-state index is 12.7. The van der Waals surface area contributed by atoms with Gasteiger partial charge < -0.3 is 0 Å². The Morgan fingerprint density at radius 3 is 2.37 bits per heavy atom. The van der Waals surface area contributed by atoms with Gasteiger partial charge in [-0.15, -0.1) is 0 Å². The van der Waals surface area contributed by atoms with Crippen LogP contribution in [-0.2, 0) is 38.5 Å². The molecular weight excluding hydrogens is 564 g/mol. The summed E-state index contributed by atoms with van der Waals surface area (Å²) >= 11 is 2.63. The van der Waals surface area contributed by atoms with Gasteiger partial charge in [0.05, 0.1) is 0 Å². The Balaban J connectivity index is 3.38. The maximum absolute atomic E-state index is 12.7. The number of carbonyl (C=O) groups is 4. The number of primary amides is 1. The number of carboxylic acids is 1. The van der Waals surface area contributed by atoms with Gasteiger partial charge in [-0.1, -0.05) is 0 Å². The molecule has 0 aromatic carbocycles. The molecular formula is C20H36MoN6O7S. The van der Waals surface area contributed by atoms with Crippen LogP contribution in [0.3, 0.4) is 0 Å². The number of thioether (sulfide) groups is 1. The van der Waals surface area contributed by atoms with Gasteiger partial charge in [-0.05, 0) is 0 Å². The van der Waals surface area contributed by atoms with Crippen molar-refractivity contribution < 1.29 is 53.9 Å². The number of amides is 3. The standard InChI is InChI=1S/C20H36N6O7S.Mo/c1-4-5-12-16(20(32)33)34-9-14(22-3)19(31)26-13(8-27)18(30)24-10(2)17(29)25-11(7-23-12)6-15(21)28;/h10-14,16-17,22-23,25,27,29H,4-6,8-9H2,1-3H3,(H2,21,28)(H,24,30)(H,26,31)(H,32,33);/t10-,11-,12?,13?,14-,16?,17?;/m0./s1. The average Bonchev–Trinajstić information content (AvgIpc) is 2.78. The summed E-state index contributed by atoms with van der Waals surface area (Å²) < 4.78 is 0.505. The number of aliphatic carboxylic acids is 1. The number of aliphatic hydroxyl groups excluding tert-OH is 2. The second-order valence-corrected chi connectivity index (χ2v) is 10.5. The first-order valence-corrected chi connectivity index (χ1v) is 13.3. The van der Waals surface area contributed by atoms with Crippen molar-refractivity contribution in [3.05, 3.63) is 0 Å². The summed E-state index contributed by atoms with van der Waals surface area (Å²) in [5.41, 5.74) is 5.39. The third-order valence-corrected chi connectivity index (χ3v) is 7.80. The zero-order valence-electron chi connectivity index (χ0n) is 19.9. The van der Waals surface area contributed by atoms with Crippen molar-refractivity contribution in [2.24, 2.45) is 5.73 Å². The van der Waals surface area contributed by atoms with Gasteiger partial charge in [0.25, 0.3) is 0 Å². The molecule has 13 nitrogen and oxygen atoms in total. The van der Waals surface area contributed by atoms with E-state index in [2.05, 4.69) is 26.6 Å². The molecule has 0 radical (unpaired) electrons. The summed E-state index contributed by atoms with van der Waals surface area (Å²) in [7, 11) is 1.53. The first kappa shape index (κ1) is 31.6. The van der Waals surface area contributed by atoms with E-state index in [0.717, 1.165) is 11.8 Å². The van der Waals surface area contributed by atoms with Crippen LogP contribution in [0.2, 0.25) is 0 Å². The molecule has 1 fully saturated rings.